The molecule has 0 aliphatic carbocycles. The summed E-state index contributed by atoms with van der Waals surface area (Å²) in [6.07, 6.45) is 0. The molecule has 0 saturated carbocycles. The second-order valence-electron chi connectivity index (χ2n) is 7.77. The van der Waals surface area contributed by atoms with Crippen molar-refractivity contribution in [3.8, 4) is 0 Å². The third-order valence-electron chi connectivity index (χ3n) is 4.93. The van der Waals surface area contributed by atoms with Gasteiger partial charge in [-0.15, -0.1) is 10.2 Å². The van der Waals surface area contributed by atoms with E-state index in [0.29, 0.717) is 35.9 Å². The first-order chi connectivity index (χ1) is 16.0. The number of aromatic nitrogens is 7. The number of para-hydroxylation sites is 2. The Morgan fingerprint density at radius 1 is 1.09 bits per heavy atom. The molecule has 0 radical (unpaired) electrons. The maximum absolute atomic E-state index is 12.8. The minimum absolute atomic E-state index is 0.119. The maximum atomic E-state index is 12.8. The van der Waals surface area contributed by atoms with Gasteiger partial charge in [0.2, 0.25) is 17.8 Å². The molecule has 0 aliphatic heterocycles. The quantitative estimate of drug-likeness (QED) is 0.259. The second-order valence-corrected chi connectivity index (χ2v) is 8.71. The van der Waals surface area contributed by atoms with Crippen molar-refractivity contribution in [1.29, 1.82) is 0 Å². The number of fused-ring (bicyclic) bond motifs is 2. The number of benzene rings is 1. The average molecular weight is 469 g/mol. The van der Waals surface area contributed by atoms with Crippen molar-refractivity contribution in [2.45, 2.75) is 38.9 Å². The highest BCUT2D eigenvalue weighted by molar-refractivity contribution is 7.99. The number of carbonyl (C=O) groups is 1. The van der Waals surface area contributed by atoms with Crippen LogP contribution < -0.4 is 16.0 Å². The number of H-pyrrole nitrogens is 1. The van der Waals surface area contributed by atoms with E-state index in [-0.39, 0.29) is 23.6 Å². The molecule has 174 valence electrons. The number of aromatic amines is 1. The summed E-state index contributed by atoms with van der Waals surface area (Å²) in [5, 5.41) is 18.3. The van der Waals surface area contributed by atoms with Crippen molar-refractivity contribution in [2.24, 2.45) is 5.92 Å². The number of hydrogen-bond acceptors (Lipinski definition) is 9. The maximum Gasteiger partial charge on any atom is 0.261 e. The Morgan fingerprint density at radius 3 is 2.61 bits per heavy atom. The zero-order valence-corrected chi connectivity index (χ0v) is 19.9. The van der Waals surface area contributed by atoms with Gasteiger partial charge in [0.15, 0.2) is 5.16 Å². The summed E-state index contributed by atoms with van der Waals surface area (Å²) in [6, 6.07) is 7.60. The number of amides is 1. The topological polar surface area (TPSA) is 138 Å². The van der Waals surface area contributed by atoms with Gasteiger partial charge in [0.1, 0.15) is 5.82 Å². The zero-order valence-electron chi connectivity index (χ0n) is 19.1. The largest absolute Gasteiger partial charge is 0.355 e. The van der Waals surface area contributed by atoms with Gasteiger partial charge < -0.3 is 20.9 Å². The first-order valence-corrected chi connectivity index (χ1v) is 12.0. The molecule has 1 aromatic carbocycles. The van der Waals surface area contributed by atoms with Crippen molar-refractivity contribution < 1.29 is 4.79 Å². The van der Waals surface area contributed by atoms with Crippen molar-refractivity contribution in [1.82, 2.24) is 39.9 Å². The number of imidazole rings is 1. The van der Waals surface area contributed by atoms with Crippen LogP contribution in [-0.2, 0) is 4.79 Å². The number of nitrogens with one attached hydrogen (secondary N) is 4. The Labute approximate surface area is 195 Å². The average Bonchev–Trinajstić information content (AvgIpc) is 3.40. The molecule has 12 heteroatoms. The molecule has 4 rings (SSSR count). The zero-order chi connectivity index (χ0) is 23.4. The van der Waals surface area contributed by atoms with Gasteiger partial charge in [-0.25, -0.2) is 9.38 Å². The van der Waals surface area contributed by atoms with E-state index in [2.05, 4.69) is 59.9 Å². The molecule has 0 bridgehead atoms. The van der Waals surface area contributed by atoms with E-state index in [1.54, 1.807) is 4.40 Å². The summed E-state index contributed by atoms with van der Waals surface area (Å²) >= 11 is 1.28. The molecule has 0 aliphatic rings. The van der Waals surface area contributed by atoms with Gasteiger partial charge in [-0.3, -0.25) is 4.79 Å². The van der Waals surface area contributed by atoms with Crippen LogP contribution in [-0.4, -0.2) is 59.3 Å². The Bertz CT molecular complexity index is 1220. The lowest BCUT2D eigenvalue weighted by atomic mass is 10.0. The first-order valence-electron chi connectivity index (χ1n) is 11.0. The van der Waals surface area contributed by atoms with Gasteiger partial charge in [0.05, 0.1) is 22.8 Å². The van der Waals surface area contributed by atoms with Crippen molar-refractivity contribution in [2.75, 3.05) is 29.5 Å². The summed E-state index contributed by atoms with van der Waals surface area (Å²) in [6.45, 7) is 9.43. The molecular weight excluding hydrogens is 440 g/mol. The van der Waals surface area contributed by atoms with Crippen LogP contribution in [0.15, 0.2) is 29.4 Å². The van der Waals surface area contributed by atoms with Crippen LogP contribution in [0.1, 0.15) is 39.6 Å². The summed E-state index contributed by atoms with van der Waals surface area (Å²) < 4.78 is 1.72. The van der Waals surface area contributed by atoms with Crippen LogP contribution >= 0.6 is 11.8 Å². The van der Waals surface area contributed by atoms with Crippen LogP contribution in [0.25, 0.3) is 16.8 Å². The highest BCUT2D eigenvalue weighted by Gasteiger charge is 2.23. The van der Waals surface area contributed by atoms with E-state index in [9.17, 15) is 4.79 Å². The normalized spacial score (nSPS) is 12.4. The first kappa shape index (κ1) is 22.8. The van der Waals surface area contributed by atoms with E-state index in [4.69, 9.17) is 0 Å². The van der Waals surface area contributed by atoms with Crippen LogP contribution in [0.2, 0.25) is 0 Å². The monoisotopic (exact) mass is 468 g/mol. The molecule has 1 amide bonds. The van der Waals surface area contributed by atoms with Gasteiger partial charge in [0, 0.05) is 13.1 Å². The molecule has 0 saturated heterocycles. The summed E-state index contributed by atoms with van der Waals surface area (Å²) in [5.41, 5.74) is 1.83. The summed E-state index contributed by atoms with van der Waals surface area (Å²) in [5.74, 6) is 2.43. The number of hydrogen-bond donors (Lipinski definition) is 4. The lowest BCUT2D eigenvalue weighted by Crippen LogP contribution is -2.33. The second kappa shape index (κ2) is 10.0. The summed E-state index contributed by atoms with van der Waals surface area (Å²) in [7, 11) is 0. The Hall–Kier alpha value is -3.41. The van der Waals surface area contributed by atoms with Crippen LogP contribution in [0, 0.1) is 5.92 Å². The molecule has 0 spiro atoms. The highest BCUT2D eigenvalue weighted by atomic mass is 32.2. The Balaban J connectivity index is 1.49. The highest BCUT2D eigenvalue weighted by Crippen LogP contribution is 2.24. The van der Waals surface area contributed by atoms with E-state index < -0.39 is 0 Å². The predicted octanol–water partition coefficient (Wildman–Crippen LogP) is 2.86. The number of rotatable bonds is 10. The van der Waals surface area contributed by atoms with Crippen molar-refractivity contribution in [3.63, 3.8) is 0 Å². The number of nitrogens with zero attached hydrogens (tertiary/aromatic N) is 6. The molecule has 4 aromatic rings. The fourth-order valence-electron chi connectivity index (χ4n) is 3.41. The van der Waals surface area contributed by atoms with E-state index >= 15 is 0 Å². The lowest BCUT2D eigenvalue weighted by Gasteiger charge is -2.20. The Kier molecular flexibility index (Phi) is 6.92. The molecule has 0 fully saturated rings. The molecule has 0 unspecified atom stereocenters. The molecule has 33 heavy (non-hydrogen) atoms. The lowest BCUT2D eigenvalue weighted by molar-refractivity contribution is -0.119. The van der Waals surface area contributed by atoms with Crippen LogP contribution in [0.4, 0.5) is 11.9 Å². The van der Waals surface area contributed by atoms with Gasteiger partial charge in [-0.05, 0) is 31.9 Å². The smallest absolute Gasteiger partial charge is 0.261 e. The molecular formula is C21H28N10OS. The third-order valence-corrected chi connectivity index (χ3v) is 5.86. The SMILES string of the molecule is CCNc1nc(NCC)n2c(SCC(=O)N[C@H](c3nc4ccccc4[nH]3)C(C)C)nnc2n1. The minimum atomic E-state index is -0.232. The van der Waals surface area contributed by atoms with E-state index in [1.807, 2.05) is 38.1 Å². The molecule has 1 atom stereocenters. The van der Waals surface area contributed by atoms with E-state index in [1.165, 1.54) is 11.8 Å². The van der Waals surface area contributed by atoms with Crippen LogP contribution in [0.3, 0.4) is 0 Å². The summed E-state index contributed by atoms with van der Waals surface area (Å²) in [4.78, 5) is 29.7. The number of carbonyl (C=O) groups excluding carboxylic acids is 1. The number of thioether (sulfide) groups is 1. The van der Waals surface area contributed by atoms with Crippen LogP contribution in [0.5, 0.6) is 0 Å². The fourth-order valence-corrected chi connectivity index (χ4v) is 4.15. The standard InChI is InChI=1S/C21H28N10OS/c1-5-22-18-27-19(23-6-2)31-20(28-18)29-30-21(31)33-11-15(32)26-16(12(3)4)17-24-13-9-7-8-10-14(13)25-17/h7-10,12,16H,5-6,11H2,1-4H3,(H,24,25)(H,26,32)(H2,22,23,27,28,29)/t16-/m0/s1. The number of anilines is 2. The minimum Gasteiger partial charge on any atom is -0.355 e. The molecule has 3 aromatic heterocycles. The van der Waals surface area contributed by atoms with Crippen molar-refractivity contribution in [3.05, 3.63) is 30.1 Å². The van der Waals surface area contributed by atoms with E-state index in [0.717, 1.165) is 16.9 Å². The van der Waals surface area contributed by atoms with Gasteiger partial charge >= 0.3 is 0 Å². The predicted molar refractivity (Wildman–Crippen MR) is 129 cm³/mol. The molecule has 3 heterocycles. The molecule has 4 N–H and O–H groups in total. The third kappa shape index (κ3) is 5.00. The van der Waals surface area contributed by atoms with Crippen molar-refractivity contribution >= 4 is 46.4 Å². The fraction of sp³-hybridized carbons (Fsp3) is 0.429. The Morgan fingerprint density at radius 2 is 1.88 bits per heavy atom. The molecule has 11 nitrogen and oxygen atoms in total. The van der Waals surface area contributed by atoms with Gasteiger partial charge in [-0.2, -0.15) is 9.97 Å². The van der Waals surface area contributed by atoms with Gasteiger partial charge in [-0.1, -0.05) is 37.7 Å². The van der Waals surface area contributed by atoms with Gasteiger partial charge in [0.25, 0.3) is 5.78 Å².